The van der Waals surface area contributed by atoms with Crippen LogP contribution in [0.5, 0.6) is 0 Å². The van der Waals surface area contributed by atoms with Crippen molar-refractivity contribution in [2.45, 2.75) is 122 Å². The Morgan fingerprint density at radius 2 is 1.14 bits per heavy atom. The SMILES string of the molecule is CCCCCCCCCCCCCCCC(=O)N[C@@](C)(CCC(=O)O)C(=O)O. The zero-order valence-corrected chi connectivity index (χ0v) is 17.9. The predicted octanol–water partition coefficient (Wildman–Crippen LogP) is 5.29. The van der Waals surface area contributed by atoms with Crippen molar-refractivity contribution >= 4 is 17.8 Å². The molecule has 1 amide bonds. The molecule has 0 aromatic rings. The summed E-state index contributed by atoms with van der Waals surface area (Å²) in [5, 5.41) is 20.5. The van der Waals surface area contributed by atoms with Gasteiger partial charge in [-0.3, -0.25) is 9.59 Å². The molecule has 0 radical (unpaired) electrons. The molecule has 0 unspecified atom stereocenters. The van der Waals surface area contributed by atoms with Gasteiger partial charge in [-0.1, -0.05) is 84.0 Å². The fourth-order valence-electron chi connectivity index (χ4n) is 3.25. The fourth-order valence-corrected chi connectivity index (χ4v) is 3.25. The second kappa shape index (κ2) is 16.4. The first-order valence-electron chi connectivity index (χ1n) is 11.1. The molecule has 0 aliphatic heterocycles. The maximum Gasteiger partial charge on any atom is 0.329 e. The van der Waals surface area contributed by atoms with Crippen LogP contribution in [0.3, 0.4) is 0 Å². The fraction of sp³-hybridized carbons (Fsp3) is 0.864. The van der Waals surface area contributed by atoms with Crippen molar-refractivity contribution in [2.24, 2.45) is 0 Å². The van der Waals surface area contributed by atoms with Gasteiger partial charge in [-0.15, -0.1) is 0 Å². The highest BCUT2D eigenvalue weighted by atomic mass is 16.4. The Balaban J connectivity index is 3.68. The van der Waals surface area contributed by atoms with Gasteiger partial charge < -0.3 is 15.5 Å². The molecule has 0 aromatic heterocycles. The van der Waals surface area contributed by atoms with Crippen molar-refractivity contribution in [2.75, 3.05) is 0 Å². The molecule has 164 valence electrons. The number of hydrogen-bond acceptors (Lipinski definition) is 3. The lowest BCUT2D eigenvalue weighted by Gasteiger charge is -2.25. The number of unbranched alkanes of at least 4 members (excludes halogenated alkanes) is 12. The summed E-state index contributed by atoms with van der Waals surface area (Å²) in [6.45, 7) is 3.60. The summed E-state index contributed by atoms with van der Waals surface area (Å²) < 4.78 is 0. The van der Waals surface area contributed by atoms with Gasteiger partial charge in [0.25, 0.3) is 0 Å². The van der Waals surface area contributed by atoms with Crippen molar-refractivity contribution < 1.29 is 24.6 Å². The van der Waals surface area contributed by atoms with Crippen molar-refractivity contribution in [1.29, 1.82) is 0 Å². The van der Waals surface area contributed by atoms with Gasteiger partial charge in [0.2, 0.25) is 5.91 Å². The lowest BCUT2D eigenvalue weighted by molar-refractivity contribution is -0.148. The topological polar surface area (TPSA) is 104 Å². The van der Waals surface area contributed by atoms with Crippen LogP contribution in [0.15, 0.2) is 0 Å². The average Bonchev–Trinajstić information content (AvgIpc) is 2.63. The van der Waals surface area contributed by atoms with E-state index in [9.17, 15) is 19.5 Å². The van der Waals surface area contributed by atoms with Crippen LogP contribution in [-0.4, -0.2) is 33.6 Å². The number of amides is 1. The Hall–Kier alpha value is -1.59. The zero-order chi connectivity index (χ0) is 21.3. The van der Waals surface area contributed by atoms with E-state index in [4.69, 9.17) is 5.11 Å². The van der Waals surface area contributed by atoms with Crippen molar-refractivity contribution in [3.63, 3.8) is 0 Å². The van der Waals surface area contributed by atoms with E-state index in [0.717, 1.165) is 19.3 Å². The molecule has 1 atom stereocenters. The Bertz CT molecular complexity index is 452. The normalized spacial score (nSPS) is 13.1. The van der Waals surface area contributed by atoms with E-state index in [2.05, 4.69) is 12.2 Å². The number of carboxylic acids is 2. The number of carbonyl (C=O) groups is 3. The van der Waals surface area contributed by atoms with E-state index in [1.807, 2.05) is 0 Å². The van der Waals surface area contributed by atoms with Gasteiger partial charge in [-0.2, -0.15) is 0 Å². The molecule has 0 bridgehead atoms. The van der Waals surface area contributed by atoms with Crippen molar-refractivity contribution in [3.05, 3.63) is 0 Å². The van der Waals surface area contributed by atoms with Crippen molar-refractivity contribution in [1.82, 2.24) is 5.32 Å². The summed E-state index contributed by atoms with van der Waals surface area (Å²) in [6.07, 6.45) is 15.8. The summed E-state index contributed by atoms with van der Waals surface area (Å²) in [5.41, 5.74) is -1.52. The van der Waals surface area contributed by atoms with Crippen LogP contribution in [0.2, 0.25) is 0 Å². The summed E-state index contributed by atoms with van der Waals surface area (Å²) in [6, 6.07) is 0. The van der Waals surface area contributed by atoms with E-state index in [0.29, 0.717) is 0 Å². The van der Waals surface area contributed by atoms with E-state index in [-0.39, 0.29) is 25.2 Å². The summed E-state index contributed by atoms with van der Waals surface area (Å²) in [5.74, 6) is -2.59. The van der Waals surface area contributed by atoms with Crippen LogP contribution >= 0.6 is 0 Å². The molecule has 0 aromatic carbocycles. The molecule has 0 aliphatic carbocycles. The molecule has 0 saturated heterocycles. The third-order valence-electron chi connectivity index (χ3n) is 5.23. The van der Waals surface area contributed by atoms with Gasteiger partial charge in [0, 0.05) is 12.8 Å². The van der Waals surface area contributed by atoms with Crippen LogP contribution in [0, 0.1) is 0 Å². The van der Waals surface area contributed by atoms with E-state index < -0.39 is 17.5 Å². The van der Waals surface area contributed by atoms with Gasteiger partial charge >= 0.3 is 11.9 Å². The molecule has 0 aliphatic rings. The zero-order valence-electron chi connectivity index (χ0n) is 17.9. The number of aliphatic carboxylic acids is 2. The highest BCUT2D eigenvalue weighted by Crippen LogP contribution is 2.15. The molecule has 0 saturated carbocycles. The number of carbonyl (C=O) groups excluding carboxylic acids is 1. The molecular weight excluding hydrogens is 358 g/mol. The third-order valence-corrected chi connectivity index (χ3v) is 5.23. The second-order valence-electron chi connectivity index (χ2n) is 8.07. The van der Waals surface area contributed by atoms with E-state index in [1.54, 1.807) is 0 Å². The van der Waals surface area contributed by atoms with Crippen LogP contribution in [-0.2, 0) is 14.4 Å². The number of carboxylic acid groups (broad SMARTS) is 2. The lowest BCUT2D eigenvalue weighted by atomic mass is 9.95. The highest BCUT2D eigenvalue weighted by molar-refractivity contribution is 5.87. The Kier molecular flexibility index (Phi) is 15.4. The maximum atomic E-state index is 12.0. The Labute approximate surface area is 170 Å². The van der Waals surface area contributed by atoms with Crippen LogP contribution in [0.1, 0.15) is 117 Å². The first kappa shape index (κ1) is 26.4. The summed E-state index contributed by atoms with van der Waals surface area (Å²) in [4.78, 5) is 34.0. The number of rotatable bonds is 19. The minimum absolute atomic E-state index is 0.123. The summed E-state index contributed by atoms with van der Waals surface area (Å²) in [7, 11) is 0. The predicted molar refractivity (Wildman–Crippen MR) is 111 cm³/mol. The van der Waals surface area contributed by atoms with Gasteiger partial charge in [-0.05, 0) is 19.8 Å². The lowest BCUT2D eigenvalue weighted by Crippen LogP contribution is -2.52. The largest absolute Gasteiger partial charge is 0.481 e. The molecule has 28 heavy (non-hydrogen) atoms. The smallest absolute Gasteiger partial charge is 0.329 e. The van der Waals surface area contributed by atoms with Crippen LogP contribution in [0.25, 0.3) is 0 Å². The third kappa shape index (κ3) is 14.5. The second-order valence-corrected chi connectivity index (χ2v) is 8.07. The summed E-state index contributed by atoms with van der Waals surface area (Å²) >= 11 is 0. The minimum Gasteiger partial charge on any atom is -0.481 e. The van der Waals surface area contributed by atoms with E-state index >= 15 is 0 Å². The molecule has 3 N–H and O–H groups in total. The Morgan fingerprint density at radius 1 is 0.714 bits per heavy atom. The molecular formula is C22H41NO5. The first-order chi connectivity index (χ1) is 13.3. The van der Waals surface area contributed by atoms with Gasteiger partial charge in [-0.25, -0.2) is 4.79 Å². The number of hydrogen-bond donors (Lipinski definition) is 3. The Morgan fingerprint density at radius 3 is 1.54 bits per heavy atom. The molecule has 6 nitrogen and oxygen atoms in total. The van der Waals surface area contributed by atoms with Crippen molar-refractivity contribution in [3.8, 4) is 0 Å². The van der Waals surface area contributed by atoms with Crippen LogP contribution < -0.4 is 5.32 Å². The number of nitrogens with one attached hydrogen (secondary N) is 1. The average molecular weight is 400 g/mol. The van der Waals surface area contributed by atoms with E-state index in [1.165, 1.54) is 71.1 Å². The standard InChI is InChI=1S/C22H41NO5/c1-3-4-5-6-7-8-9-10-11-12-13-14-15-16-19(24)23-22(2,21(27)28)18-17-20(25)26/h3-18H2,1-2H3,(H,23,24)(H,25,26)(H,27,28)/t22-/m0/s1. The molecule has 0 fully saturated rings. The maximum absolute atomic E-state index is 12.0. The molecule has 0 spiro atoms. The monoisotopic (exact) mass is 399 g/mol. The van der Waals surface area contributed by atoms with Gasteiger partial charge in [0.1, 0.15) is 5.54 Å². The molecule has 0 heterocycles. The highest BCUT2D eigenvalue weighted by Gasteiger charge is 2.34. The molecule has 0 rings (SSSR count). The minimum atomic E-state index is -1.52. The van der Waals surface area contributed by atoms with Gasteiger partial charge in [0.15, 0.2) is 0 Å². The first-order valence-corrected chi connectivity index (χ1v) is 11.1. The quantitative estimate of drug-likeness (QED) is 0.256. The van der Waals surface area contributed by atoms with Crippen LogP contribution in [0.4, 0.5) is 0 Å². The molecule has 6 heteroatoms. The van der Waals surface area contributed by atoms with Gasteiger partial charge in [0.05, 0.1) is 0 Å².